The van der Waals surface area contributed by atoms with Crippen LogP contribution >= 0.6 is 11.6 Å². The Kier molecular flexibility index (Phi) is 6.07. The molecule has 0 fully saturated rings. The molecule has 3 aromatic carbocycles. The van der Waals surface area contributed by atoms with E-state index in [0.717, 1.165) is 16.9 Å². The maximum absolute atomic E-state index is 12.0. The van der Waals surface area contributed by atoms with E-state index in [-0.39, 0.29) is 5.91 Å². The second kappa shape index (κ2) is 8.88. The molecule has 130 valence electrons. The van der Waals surface area contributed by atoms with Gasteiger partial charge >= 0.3 is 0 Å². The second-order valence-electron chi connectivity index (χ2n) is 5.68. The van der Waals surface area contributed by atoms with E-state index in [4.69, 9.17) is 16.3 Å². The van der Waals surface area contributed by atoms with Crippen LogP contribution in [-0.2, 0) is 11.4 Å². The van der Waals surface area contributed by atoms with Crippen molar-refractivity contribution in [2.24, 2.45) is 0 Å². The average Bonchev–Trinajstić information content (AvgIpc) is 2.66. The van der Waals surface area contributed by atoms with E-state index in [1.54, 1.807) is 30.3 Å². The number of ether oxygens (including phenoxy) is 1. The largest absolute Gasteiger partial charge is 0.489 e. The van der Waals surface area contributed by atoms with E-state index in [1.165, 1.54) is 6.08 Å². The molecular weight excluding hydrogens is 346 g/mol. The summed E-state index contributed by atoms with van der Waals surface area (Å²) in [6.45, 7) is 0.526. The van der Waals surface area contributed by atoms with Gasteiger partial charge in [-0.15, -0.1) is 0 Å². The Labute approximate surface area is 157 Å². The topological polar surface area (TPSA) is 38.3 Å². The van der Waals surface area contributed by atoms with Crippen molar-refractivity contribution in [2.45, 2.75) is 6.61 Å². The van der Waals surface area contributed by atoms with Gasteiger partial charge in [0.25, 0.3) is 0 Å². The zero-order valence-corrected chi connectivity index (χ0v) is 14.8. The minimum Gasteiger partial charge on any atom is -0.489 e. The van der Waals surface area contributed by atoms with E-state index in [2.05, 4.69) is 5.32 Å². The SMILES string of the molecule is O=C(C=Cc1ccc(OCc2ccccc2)cc1)Nc1cccc(Cl)c1. The summed E-state index contributed by atoms with van der Waals surface area (Å²) in [5.74, 6) is 0.575. The molecule has 26 heavy (non-hydrogen) atoms. The smallest absolute Gasteiger partial charge is 0.248 e. The second-order valence-corrected chi connectivity index (χ2v) is 6.11. The first-order chi connectivity index (χ1) is 12.7. The molecule has 0 aliphatic carbocycles. The van der Waals surface area contributed by atoms with E-state index in [9.17, 15) is 4.79 Å². The predicted molar refractivity (Wildman–Crippen MR) is 106 cm³/mol. The van der Waals surface area contributed by atoms with Crippen LogP contribution < -0.4 is 10.1 Å². The lowest BCUT2D eigenvalue weighted by atomic mass is 10.2. The van der Waals surface area contributed by atoms with Crippen molar-refractivity contribution in [1.82, 2.24) is 0 Å². The van der Waals surface area contributed by atoms with Crippen LogP contribution in [0.25, 0.3) is 6.08 Å². The van der Waals surface area contributed by atoms with Crippen molar-refractivity contribution in [1.29, 1.82) is 0 Å². The van der Waals surface area contributed by atoms with Crippen LogP contribution in [-0.4, -0.2) is 5.91 Å². The normalized spacial score (nSPS) is 10.7. The van der Waals surface area contributed by atoms with Gasteiger partial charge in [-0.1, -0.05) is 60.1 Å². The molecule has 0 aromatic heterocycles. The monoisotopic (exact) mass is 363 g/mol. The molecule has 0 atom stereocenters. The van der Waals surface area contributed by atoms with Gasteiger partial charge in [0.2, 0.25) is 5.91 Å². The van der Waals surface area contributed by atoms with Gasteiger partial charge in [-0.05, 0) is 47.5 Å². The Morgan fingerprint density at radius 2 is 1.73 bits per heavy atom. The zero-order chi connectivity index (χ0) is 18.2. The number of anilines is 1. The number of halogens is 1. The molecule has 0 heterocycles. The highest BCUT2D eigenvalue weighted by molar-refractivity contribution is 6.30. The first-order valence-corrected chi connectivity index (χ1v) is 8.58. The van der Waals surface area contributed by atoms with Gasteiger partial charge in [-0.3, -0.25) is 4.79 Å². The van der Waals surface area contributed by atoms with E-state index in [0.29, 0.717) is 17.3 Å². The van der Waals surface area contributed by atoms with Gasteiger partial charge in [0.05, 0.1) is 0 Å². The summed E-state index contributed by atoms with van der Waals surface area (Å²) >= 11 is 5.90. The summed E-state index contributed by atoms with van der Waals surface area (Å²) in [4.78, 5) is 12.0. The number of carbonyl (C=O) groups excluding carboxylic acids is 1. The first kappa shape index (κ1) is 17.8. The molecule has 0 saturated heterocycles. The Morgan fingerprint density at radius 3 is 2.46 bits per heavy atom. The maximum Gasteiger partial charge on any atom is 0.248 e. The molecule has 1 N–H and O–H groups in total. The van der Waals surface area contributed by atoms with Gasteiger partial charge in [0, 0.05) is 16.8 Å². The van der Waals surface area contributed by atoms with Crippen LogP contribution in [0.15, 0.2) is 84.9 Å². The Bertz CT molecular complexity index is 890. The lowest BCUT2D eigenvalue weighted by Gasteiger charge is -2.06. The van der Waals surface area contributed by atoms with E-state index < -0.39 is 0 Å². The van der Waals surface area contributed by atoms with Gasteiger partial charge in [-0.25, -0.2) is 0 Å². The van der Waals surface area contributed by atoms with E-state index >= 15 is 0 Å². The lowest BCUT2D eigenvalue weighted by molar-refractivity contribution is -0.111. The predicted octanol–water partition coefficient (Wildman–Crippen LogP) is 5.57. The zero-order valence-electron chi connectivity index (χ0n) is 14.1. The lowest BCUT2D eigenvalue weighted by Crippen LogP contribution is -2.07. The van der Waals surface area contributed by atoms with Gasteiger partial charge in [0.15, 0.2) is 0 Å². The standard InChI is InChI=1S/C22H18ClNO2/c23-19-7-4-8-20(15-19)24-22(25)14-11-17-9-12-21(13-10-17)26-16-18-5-2-1-3-6-18/h1-15H,16H2,(H,24,25). The van der Waals surface area contributed by atoms with Crippen LogP contribution in [0.4, 0.5) is 5.69 Å². The van der Waals surface area contributed by atoms with Crippen LogP contribution in [0.1, 0.15) is 11.1 Å². The van der Waals surface area contributed by atoms with Gasteiger partial charge in [0.1, 0.15) is 12.4 Å². The number of rotatable bonds is 6. The number of amides is 1. The molecule has 0 saturated carbocycles. The molecule has 0 radical (unpaired) electrons. The summed E-state index contributed by atoms with van der Waals surface area (Å²) in [7, 11) is 0. The number of hydrogen-bond acceptors (Lipinski definition) is 2. The molecule has 0 spiro atoms. The minimum atomic E-state index is -0.211. The van der Waals surface area contributed by atoms with Crippen molar-refractivity contribution in [3.05, 3.63) is 101 Å². The minimum absolute atomic E-state index is 0.211. The van der Waals surface area contributed by atoms with Crippen LogP contribution in [0.5, 0.6) is 5.75 Å². The molecule has 0 aliphatic rings. The molecule has 3 nitrogen and oxygen atoms in total. The van der Waals surface area contributed by atoms with Crippen LogP contribution in [0.3, 0.4) is 0 Å². The fraction of sp³-hybridized carbons (Fsp3) is 0.0455. The molecule has 0 bridgehead atoms. The average molecular weight is 364 g/mol. The first-order valence-electron chi connectivity index (χ1n) is 8.20. The van der Waals surface area contributed by atoms with Crippen molar-refractivity contribution >= 4 is 29.3 Å². The third kappa shape index (κ3) is 5.50. The van der Waals surface area contributed by atoms with Crippen molar-refractivity contribution < 1.29 is 9.53 Å². The fourth-order valence-electron chi connectivity index (χ4n) is 2.34. The maximum atomic E-state index is 12.0. The summed E-state index contributed by atoms with van der Waals surface area (Å²) in [6.07, 6.45) is 3.24. The number of benzene rings is 3. The van der Waals surface area contributed by atoms with Crippen molar-refractivity contribution in [3.8, 4) is 5.75 Å². The molecule has 1 amide bonds. The van der Waals surface area contributed by atoms with E-state index in [1.807, 2.05) is 54.6 Å². The van der Waals surface area contributed by atoms with Crippen LogP contribution in [0.2, 0.25) is 5.02 Å². The number of carbonyl (C=O) groups is 1. The summed E-state index contributed by atoms with van der Waals surface area (Å²) in [5, 5.41) is 3.35. The Morgan fingerprint density at radius 1 is 0.962 bits per heavy atom. The van der Waals surface area contributed by atoms with Crippen molar-refractivity contribution in [3.63, 3.8) is 0 Å². The quantitative estimate of drug-likeness (QED) is 0.581. The van der Waals surface area contributed by atoms with Crippen molar-refractivity contribution in [2.75, 3.05) is 5.32 Å². The molecule has 0 unspecified atom stereocenters. The number of nitrogens with one attached hydrogen (secondary N) is 1. The summed E-state index contributed by atoms with van der Waals surface area (Å²) in [6, 6.07) is 24.6. The molecular formula is C22H18ClNO2. The number of hydrogen-bond donors (Lipinski definition) is 1. The highest BCUT2D eigenvalue weighted by Crippen LogP contribution is 2.16. The molecule has 3 rings (SSSR count). The fourth-order valence-corrected chi connectivity index (χ4v) is 2.53. The van der Waals surface area contributed by atoms with Gasteiger partial charge < -0.3 is 10.1 Å². The Balaban J connectivity index is 1.53. The Hall–Kier alpha value is -3.04. The molecule has 3 aromatic rings. The highest BCUT2D eigenvalue weighted by atomic mass is 35.5. The molecule has 0 aliphatic heterocycles. The third-order valence-electron chi connectivity index (χ3n) is 3.65. The highest BCUT2D eigenvalue weighted by Gasteiger charge is 1.99. The van der Waals surface area contributed by atoms with Crippen LogP contribution in [0, 0.1) is 0 Å². The summed E-state index contributed by atoms with van der Waals surface area (Å²) in [5.41, 5.74) is 2.70. The molecule has 4 heteroatoms. The third-order valence-corrected chi connectivity index (χ3v) is 3.88. The summed E-state index contributed by atoms with van der Waals surface area (Å²) < 4.78 is 5.75. The van der Waals surface area contributed by atoms with Gasteiger partial charge in [-0.2, -0.15) is 0 Å².